The first kappa shape index (κ1) is 27.3. The van der Waals surface area contributed by atoms with Crippen molar-refractivity contribution in [2.24, 2.45) is 0 Å². The lowest BCUT2D eigenvalue weighted by atomic mass is 10.1. The third kappa shape index (κ3) is 14.0. The Bertz CT molecular complexity index is 773. The lowest BCUT2D eigenvalue weighted by molar-refractivity contribution is 0.0953. The first-order valence-corrected chi connectivity index (χ1v) is 19.0. The molecule has 2 nitrogen and oxygen atoms in total. The third-order valence-corrected chi connectivity index (χ3v) is 6.42. The molecule has 4 heteroatoms. The van der Waals surface area contributed by atoms with E-state index in [9.17, 15) is 4.79 Å². The topological polar surface area (TPSA) is 29.1 Å². The van der Waals surface area contributed by atoms with Crippen molar-refractivity contribution in [3.8, 4) is 22.9 Å². The number of carbonyl (C=O) groups is 1. The van der Waals surface area contributed by atoms with Crippen LogP contribution in [0.4, 0.5) is 0 Å². The summed E-state index contributed by atoms with van der Waals surface area (Å²) < 4.78 is 0. The lowest BCUT2D eigenvalue weighted by Crippen LogP contribution is -2.24. The van der Waals surface area contributed by atoms with Gasteiger partial charge in [0.25, 0.3) is 5.91 Å². The molecule has 0 fully saturated rings. The van der Waals surface area contributed by atoms with Crippen molar-refractivity contribution in [1.29, 1.82) is 0 Å². The van der Waals surface area contributed by atoms with Crippen molar-refractivity contribution in [3.63, 3.8) is 0 Å². The van der Waals surface area contributed by atoms with Gasteiger partial charge >= 0.3 is 0 Å². The molecule has 0 bridgehead atoms. The molecule has 0 heterocycles. The van der Waals surface area contributed by atoms with Crippen molar-refractivity contribution in [3.05, 3.63) is 34.9 Å². The van der Waals surface area contributed by atoms with Gasteiger partial charge in [-0.15, -0.1) is 11.1 Å². The highest BCUT2D eigenvalue weighted by atomic mass is 28.3. The molecule has 0 aliphatic heterocycles. The summed E-state index contributed by atoms with van der Waals surface area (Å²) in [5.74, 6) is 6.58. The zero-order chi connectivity index (χ0) is 23.3. The Balaban J connectivity index is 2.76. The van der Waals surface area contributed by atoms with Gasteiger partial charge in [0.1, 0.15) is 16.1 Å². The van der Waals surface area contributed by atoms with Gasteiger partial charge in [-0.2, -0.15) is 0 Å². The number of nitrogens with one attached hydrogen (secondary N) is 1. The summed E-state index contributed by atoms with van der Waals surface area (Å²) >= 11 is 0. The van der Waals surface area contributed by atoms with Crippen LogP contribution in [0.2, 0.25) is 39.3 Å². The predicted octanol–water partition coefficient (Wildman–Crippen LogP) is 7.01. The van der Waals surface area contributed by atoms with Gasteiger partial charge in [-0.1, -0.05) is 103 Å². The maximum atomic E-state index is 12.8. The summed E-state index contributed by atoms with van der Waals surface area (Å²) in [6, 6.07) is 5.85. The molecule has 1 aromatic carbocycles. The summed E-state index contributed by atoms with van der Waals surface area (Å²) in [6.07, 6.45) is 10.1. The van der Waals surface area contributed by atoms with Gasteiger partial charge in [-0.05, 0) is 24.6 Å². The molecule has 1 rings (SSSR count). The molecule has 0 radical (unpaired) electrons. The average Bonchev–Trinajstić information content (AvgIpc) is 2.68. The fourth-order valence-electron chi connectivity index (χ4n) is 2.99. The molecule has 170 valence electrons. The highest BCUT2D eigenvalue weighted by molar-refractivity contribution is 6.84. The first-order valence-electron chi connectivity index (χ1n) is 12.0. The van der Waals surface area contributed by atoms with E-state index in [0.717, 1.165) is 24.1 Å². The third-order valence-electron chi connectivity index (χ3n) is 4.67. The van der Waals surface area contributed by atoms with Gasteiger partial charge < -0.3 is 5.32 Å². The summed E-state index contributed by atoms with van der Waals surface area (Å²) in [5.41, 5.74) is 9.26. The molecular formula is C27H43NOSi2. The SMILES string of the molecule is CCCCCCCCCCNC(=O)c1cc(C#C[Si](C)(C)C)cc(C#C[Si](C)(C)C)c1. The molecular weight excluding hydrogens is 410 g/mol. The highest BCUT2D eigenvalue weighted by Gasteiger charge is 2.11. The van der Waals surface area contributed by atoms with Crippen LogP contribution in [-0.4, -0.2) is 28.6 Å². The quantitative estimate of drug-likeness (QED) is 0.230. The standard InChI is InChI=1S/C27H43NOSi2/c1-8-9-10-11-12-13-14-15-18-28-27(29)26-22-24(16-19-30(2,3)4)21-25(23-26)17-20-31(5,6)7/h21-23H,8-15,18H2,1-7H3,(H,28,29). The normalized spacial score (nSPS) is 11.2. The molecule has 0 spiro atoms. The Hall–Kier alpha value is -1.76. The maximum absolute atomic E-state index is 12.8. The molecule has 0 aromatic heterocycles. The molecule has 0 atom stereocenters. The Kier molecular flexibility index (Phi) is 12.0. The largest absolute Gasteiger partial charge is 0.352 e. The molecule has 0 aliphatic rings. The average molecular weight is 454 g/mol. The molecule has 0 aliphatic carbocycles. The number of amides is 1. The number of carbonyl (C=O) groups excluding carboxylic acids is 1. The number of hydrogen-bond acceptors (Lipinski definition) is 1. The number of hydrogen-bond donors (Lipinski definition) is 1. The minimum atomic E-state index is -1.49. The van der Waals surface area contributed by atoms with Crippen LogP contribution in [0.15, 0.2) is 18.2 Å². The van der Waals surface area contributed by atoms with E-state index in [-0.39, 0.29) is 5.91 Å². The van der Waals surface area contributed by atoms with E-state index in [1.165, 1.54) is 44.9 Å². The summed E-state index contributed by atoms with van der Waals surface area (Å²) in [5, 5.41) is 3.09. The van der Waals surface area contributed by atoms with Gasteiger partial charge in [-0.25, -0.2) is 0 Å². The van der Waals surface area contributed by atoms with Gasteiger partial charge in [0.2, 0.25) is 0 Å². The Labute approximate surface area is 194 Å². The Morgan fingerprint density at radius 2 is 1.19 bits per heavy atom. The van der Waals surface area contributed by atoms with E-state index >= 15 is 0 Å². The van der Waals surface area contributed by atoms with Crippen molar-refractivity contribution in [2.75, 3.05) is 6.54 Å². The van der Waals surface area contributed by atoms with Gasteiger partial charge in [0.05, 0.1) is 0 Å². The fourth-order valence-corrected chi connectivity index (χ4v) is 4.02. The Morgan fingerprint density at radius 1 is 0.742 bits per heavy atom. The van der Waals surface area contributed by atoms with Crippen LogP contribution in [0.1, 0.15) is 79.8 Å². The zero-order valence-electron chi connectivity index (χ0n) is 21.0. The predicted molar refractivity (Wildman–Crippen MR) is 142 cm³/mol. The molecule has 1 amide bonds. The molecule has 0 saturated carbocycles. The molecule has 1 aromatic rings. The number of rotatable bonds is 10. The smallest absolute Gasteiger partial charge is 0.251 e. The summed E-state index contributed by atoms with van der Waals surface area (Å²) in [6.45, 7) is 16.4. The van der Waals surface area contributed by atoms with E-state index in [4.69, 9.17) is 0 Å². The monoisotopic (exact) mass is 453 g/mol. The zero-order valence-corrected chi connectivity index (χ0v) is 23.0. The Morgan fingerprint density at radius 3 is 1.65 bits per heavy atom. The molecule has 0 saturated heterocycles. The van der Waals surface area contributed by atoms with Crippen molar-refractivity contribution in [2.45, 2.75) is 97.6 Å². The second kappa shape index (κ2) is 13.6. The minimum Gasteiger partial charge on any atom is -0.352 e. The molecule has 31 heavy (non-hydrogen) atoms. The number of benzene rings is 1. The van der Waals surface area contributed by atoms with Crippen molar-refractivity contribution >= 4 is 22.1 Å². The van der Waals surface area contributed by atoms with E-state index in [1.54, 1.807) is 0 Å². The van der Waals surface area contributed by atoms with Crippen LogP contribution in [-0.2, 0) is 0 Å². The summed E-state index contributed by atoms with van der Waals surface area (Å²) in [4.78, 5) is 12.8. The van der Waals surface area contributed by atoms with E-state index in [1.807, 2.05) is 18.2 Å². The second-order valence-corrected chi connectivity index (χ2v) is 20.0. The second-order valence-electron chi connectivity index (χ2n) is 10.5. The molecule has 0 unspecified atom stereocenters. The lowest BCUT2D eigenvalue weighted by Gasteiger charge is -2.08. The van der Waals surface area contributed by atoms with Gasteiger partial charge in [-0.3, -0.25) is 4.79 Å². The first-order chi connectivity index (χ1) is 14.5. The fraction of sp³-hybridized carbons (Fsp3) is 0.593. The van der Waals surface area contributed by atoms with Gasteiger partial charge in [0.15, 0.2) is 0 Å². The van der Waals surface area contributed by atoms with Crippen LogP contribution >= 0.6 is 0 Å². The van der Waals surface area contributed by atoms with Gasteiger partial charge in [0, 0.05) is 23.2 Å². The van der Waals surface area contributed by atoms with Crippen LogP contribution in [0, 0.1) is 22.9 Å². The van der Waals surface area contributed by atoms with E-state index in [0.29, 0.717) is 5.56 Å². The van der Waals surface area contributed by atoms with Crippen LogP contribution in [0.5, 0.6) is 0 Å². The van der Waals surface area contributed by atoms with Crippen LogP contribution < -0.4 is 5.32 Å². The van der Waals surface area contributed by atoms with Crippen LogP contribution in [0.3, 0.4) is 0 Å². The number of unbranched alkanes of at least 4 members (excludes halogenated alkanes) is 7. The highest BCUT2D eigenvalue weighted by Crippen LogP contribution is 2.12. The molecule has 1 N–H and O–H groups in total. The van der Waals surface area contributed by atoms with E-state index in [2.05, 4.69) is 74.5 Å². The van der Waals surface area contributed by atoms with Crippen LogP contribution in [0.25, 0.3) is 0 Å². The van der Waals surface area contributed by atoms with E-state index < -0.39 is 16.1 Å². The van der Waals surface area contributed by atoms with Crippen molar-refractivity contribution in [1.82, 2.24) is 5.32 Å². The summed E-state index contributed by atoms with van der Waals surface area (Å²) in [7, 11) is -2.97. The minimum absolute atomic E-state index is 0.0179. The maximum Gasteiger partial charge on any atom is 0.251 e. The van der Waals surface area contributed by atoms with Crippen molar-refractivity contribution < 1.29 is 4.79 Å².